The normalized spacial score (nSPS) is 10.3. The molecule has 0 saturated carbocycles. The first-order chi connectivity index (χ1) is 9.06. The van der Waals surface area contributed by atoms with Crippen molar-refractivity contribution in [2.24, 2.45) is 0 Å². The van der Waals surface area contributed by atoms with E-state index in [2.05, 4.69) is 15.3 Å². The number of benzene rings is 1. The zero-order chi connectivity index (χ0) is 13.8. The number of hydrogen-bond acceptors (Lipinski definition) is 3. The Hall–Kier alpha value is -2.30. The third-order valence-electron chi connectivity index (χ3n) is 2.63. The summed E-state index contributed by atoms with van der Waals surface area (Å²) in [5.74, 6) is -0.335. The van der Waals surface area contributed by atoms with Gasteiger partial charge in [-0.3, -0.25) is 4.79 Å². The Bertz CT molecular complexity index is 613. The largest absolute Gasteiger partial charge is 0.346 e. The predicted molar refractivity (Wildman–Crippen MR) is 69.1 cm³/mol. The molecule has 98 valence electrons. The number of carbonyl (C=O) groups is 1. The maximum absolute atomic E-state index is 13.6. The van der Waals surface area contributed by atoms with Crippen molar-refractivity contribution in [2.75, 3.05) is 0 Å². The summed E-state index contributed by atoms with van der Waals surface area (Å²) in [6.45, 7) is 3.79. The van der Waals surface area contributed by atoms with E-state index in [1.807, 2.05) is 0 Å². The van der Waals surface area contributed by atoms with Gasteiger partial charge in [-0.1, -0.05) is 6.07 Å². The first kappa shape index (κ1) is 13.1. The van der Waals surface area contributed by atoms with Gasteiger partial charge in [-0.15, -0.1) is 0 Å². The van der Waals surface area contributed by atoms with Crippen LogP contribution in [0.3, 0.4) is 0 Å². The summed E-state index contributed by atoms with van der Waals surface area (Å²) in [5, 5.41) is 2.63. The Morgan fingerprint density at radius 1 is 1.32 bits per heavy atom. The number of amides is 1. The Labute approximate surface area is 110 Å². The van der Waals surface area contributed by atoms with Crippen molar-refractivity contribution in [3.8, 4) is 0 Å². The first-order valence-corrected chi connectivity index (χ1v) is 5.89. The van der Waals surface area contributed by atoms with Gasteiger partial charge >= 0.3 is 0 Å². The molecule has 0 aliphatic rings. The van der Waals surface area contributed by atoms with E-state index >= 15 is 0 Å². The van der Waals surface area contributed by atoms with Crippen LogP contribution in [0.5, 0.6) is 0 Å². The van der Waals surface area contributed by atoms with Crippen LogP contribution < -0.4 is 5.32 Å². The number of rotatable bonds is 3. The van der Waals surface area contributed by atoms with Gasteiger partial charge in [0.15, 0.2) is 0 Å². The minimum absolute atomic E-state index is 0.0383. The molecule has 0 spiro atoms. The van der Waals surface area contributed by atoms with Gasteiger partial charge in [0, 0.05) is 6.20 Å². The Balaban J connectivity index is 2.05. The minimum atomic E-state index is -0.517. The predicted octanol–water partition coefficient (Wildman–Crippen LogP) is 2.16. The summed E-state index contributed by atoms with van der Waals surface area (Å²) in [7, 11) is 0. The Morgan fingerprint density at radius 2 is 2.11 bits per heavy atom. The fourth-order valence-electron chi connectivity index (χ4n) is 1.67. The maximum Gasteiger partial charge on any atom is 0.254 e. The van der Waals surface area contributed by atoms with Gasteiger partial charge in [-0.25, -0.2) is 14.4 Å². The molecule has 19 heavy (non-hydrogen) atoms. The van der Waals surface area contributed by atoms with E-state index in [4.69, 9.17) is 0 Å². The first-order valence-electron chi connectivity index (χ1n) is 5.89. The number of nitrogens with one attached hydrogen (secondary N) is 1. The monoisotopic (exact) mass is 259 g/mol. The van der Waals surface area contributed by atoms with Crippen LogP contribution in [-0.2, 0) is 6.54 Å². The highest BCUT2D eigenvalue weighted by Crippen LogP contribution is 2.09. The number of hydrogen-bond donors (Lipinski definition) is 1. The molecule has 0 atom stereocenters. The lowest BCUT2D eigenvalue weighted by Gasteiger charge is -2.06. The van der Waals surface area contributed by atoms with Gasteiger partial charge < -0.3 is 5.32 Å². The summed E-state index contributed by atoms with van der Waals surface area (Å²) in [6.07, 6.45) is 1.62. The summed E-state index contributed by atoms with van der Waals surface area (Å²) < 4.78 is 13.6. The Morgan fingerprint density at radius 3 is 2.79 bits per heavy atom. The molecule has 0 unspecified atom stereocenters. The zero-order valence-corrected chi connectivity index (χ0v) is 10.8. The third-order valence-corrected chi connectivity index (χ3v) is 2.63. The van der Waals surface area contributed by atoms with E-state index in [-0.39, 0.29) is 12.1 Å². The van der Waals surface area contributed by atoms with Crippen molar-refractivity contribution in [1.82, 2.24) is 15.3 Å². The van der Waals surface area contributed by atoms with Crippen molar-refractivity contribution in [2.45, 2.75) is 20.4 Å². The summed E-state index contributed by atoms with van der Waals surface area (Å²) in [4.78, 5) is 20.0. The molecular formula is C14H14FN3O. The molecule has 2 aromatic rings. The van der Waals surface area contributed by atoms with E-state index in [1.165, 1.54) is 12.1 Å². The van der Waals surface area contributed by atoms with Gasteiger partial charge in [0.2, 0.25) is 0 Å². The highest BCUT2D eigenvalue weighted by molar-refractivity contribution is 5.94. The van der Waals surface area contributed by atoms with Crippen LogP contribution in [0.25, 0.3) is 0 Å². The van der Waals surface area contributed by atoms with Crippen molar-refractivity contribution in [3.63, 3.8) is 0 Å². The molecule has 1 aromatic heterocycles. The topological polar surface area (TPSA) is 54.9 Å². The molecule has 0 aliphatic carbocycles. The number of nitrogens with zero attached hydrogens (tertiary/aromatic N) is 2. The van der Waals surface area contributed by atoms with Gasteiger partial charge in [0.1, 0.15) is 11.6 Å². The smallest absolute Gasteiger partial charge is 0.254 e. The van der Waals surface area contributed by atoms with E-state index < -0.39 is 11.7 Å². The molecule has 0 saturated heterocycles. The van der Waals surface area contributed by atoms with Gasteiger partial charge in [-0.2, -0.15) is 0 Å². The van der Waals surface area contributed by atoms with Crippen LogP contribution >= 0.6 is 0 Å². The molecule has 5 heteroatoms. The zero-order valence-electron chi connectivity index (χ0n) is 10.8. The van der Waals surface area contributed by atoms with Crippen LogP contribution in [0, 0.1) is 19.7 Å². The molecule has 2 rings (SSSR count). The van der Waals surface area contributed by atoms with E-state index in [0.29, 0.717) is 11.5 Å². The molecule has 1 heterocycles. The lowest BCUT2D eigenvalue weighted by atomic mass is 10.1. The molecule has 1 N–H and O–H groups in total. The highest BCUT2D eigenvalue weighted by atomic mass is 19.1. The molecular weight excluding hydrogens is 245 g/mol. The fraction of sp³-hybridized carbons (Fsp3) is 0.214. The lowest BCUT2D eigenvalue weighted by Crippen LogP contribution is -2.24. The maximum atomic E-state index is 13.6. The van der Waals surface area contributed by atoms with Crippen molar-refractivity contribution < 1.29 is 9.18 Å². The van der Waals surface area contributed by atoms with Crippen LogP contribution in [0.2, 0.25) is 0 Å². The Kier molecular flexibility index (Phi) is 3.85. The van der Waals surface area contributed by atoms with Crippen LogP contribution in [-0.4, -0.2) is 15.9 Å². The highest BCUT2D eigenvalue weighted by Gasteiger charge is 2.11. The van der Waals surface area contributed by atoms with Gasteiger partial charge in [-0.05, 0) is 37.6 Å². The van der Waals surface area contributed by atoms with Crippen LogP contribution in [0.4, 0.5) is 4.39 Å². The van der Waals surface area contributed by atoms with E-state index in [0.717, 1.165) is 5.56 Å². The van der Waals surface area contributed by atoms with E-state index in [1.54, 1.807) is 32.2 Å². The second-order valence-electron chi connectivity index (χ2n) is 4.26. The summed E-state index contributed by atoms with van der Waals surface area (Å²) in [5.41, 5.74) is 1.50. The minimum Gasteiger partial charge on any atom is -0.346 e. The second-order valence-corrected chi connectivity index (χ2v) is 4.26. The number of aryl methyl sites for hydroxylation is 2. The number of carbonyl (C=O) groups excluding carboxylic acids is 1. The van der Waals surface area contributed by atoms with Crippen molar-refractivity contribution in [1.29, 1.82) is 0 Å². The summed E-state index contributed by atoms with van der Waals surface area (Å²) in [6, 6.07) is 6.22. The van der Waals surface area contributed by atoms with Crippen molar-refractivity contribution in [3.05, 3.63) is 58.9 Å². The lowest BCUT2D eigenvalue weighted by molar-refractivity contribution is 0.0946. The molecule has 0 aliphatic heterocycles. The fourth-order valence-corrected chi connectivity index (χ4v) is 1.67. The average molecular weight is 259 g/mol. The molecule has 0 radical (unpaired) electrons. The quantitative estimate of drug-likeness (QED) is 0.919. The second kappa shape index (κ2) is 5.56. The number of aromatic nitrogens is 2. The van der Waals surface area contributed by atoms with Crippen LogP contribution in [0.1, 0.15) is 27.4 Å². The van der Waals surface area contributed by atoms with Crippen molar-refractivity contribution >= 4 is 5.91 Å². The molecule has 0 bridgehead atoms. The molecule has 0 fully saturated rings. The SMILES string of the molecule is Cc1ccc(C(=O)NCc2ccnc(C)n2)c(F)c1. The summed E-state index contributed by atoms with van der Waals surface area (Å²) >= 11 is 0. The standard InChI is InChI=1S/C14H14FN3O/c1-9-3-4-12(13(15)7-9)14(19)17-8-11-5-6-16-10(2)18-11/h3-7H,8H2,1-2H3,(H,17,19). The third kappa shape index (κ3) is 3.34. The number of halogens is 1. The van der Waals surface area contributed by atoms with Crippen LogP contribution in [0.15, 0.2) is 30.5 Å². The average Bonchev–Trinajstić information content (AvgIpc) is 2.36. The van der Waals surface area contributed by atoms with Gasteiger partial charge in [0.25, 0.3) is 5.91 Å². The van der Waals surface area contributed by atoms with Gasteiger partial charge in [0.05, 0.1) is 17.8 Å². The van der Waals surface area contributed by atoms with E-state index in [9.17, 15) is 9.18 Å². The molecule has 1 amide bonds. The molecule has 1 aromatic carbocycles. The molecule has 4 nitrogen and oxygen atoms in total.